The summed E-state index contributed by atoms with van der Waals surface area (Å²) in [6.45, 7) is 5.47. The summed E-state index contributed by atoms with van der Waals surface area (Å²) in [6.07, 6.45) is 4.76. The van der Waals surface area contributed by atoms with Crippen LogP contribution in [-0.4, -0.2) is 69.2 Å². The van der Waals surface area contributed by atoms with Gasteiger partial charge in [0.05, 0.1) is 19.8 Å². The Labute approximate surface area is 181 Å². The molecule has 6 rings (SSSR count). The van der Waals surface area contributed by atoms with Gasteiger partial charge in [-0.2, -0.15) is 0 Å². The van der Waals surface area contributed by atoms with Gasteiger partial charge in [0.1, 0.15) is 11.9 Å². The van der Waals surface area contributed by atoms with Gasteiger partial charge in [-0.25, -0.2) is 4.98 Å². The number of piperidine rings is 1. The number of pyridine rings is 1. The topological polar surface area (TPSA) is 72.6 Å². The van der Waals surface area contributed by atoms with Crippen molar-refractivity contribution < 1.29 is 9.53 Å². The van der Waals surface area contributed by atoms with E-state index in [-0.39, 0.29) is 23.3 Å². The smallest absolute Gasteiger partial charge is 0.251 e. The third-order valence-electron chi connectivity index (χ3n) is 7.81. The first-order valence-electron chi connectivity index (χ1n) is 11.3. The van der Waals surface area contributed by atoms with E-state index in [4.69, 9.17) is 4.74 Å². The van der Waals surface area contributed by atoms with Crippen molar-refractivity contribution in [2.75, 3.05) is 39.4 Å². The van der Waals surface area contributed by atoms with E-state index < -0.39 is 6.04 Å². The molecule has 0 aliphatic carbocycles. The Morgan fingerprint density at radius 2 is 1.94 bits per heavy atom. The number of carbonyl (C=O) groups is 1. The van der Waals surface area contributed by atoms with Crippen LogP contribution in [0.15, 0.2) is 35.4 Å². The van der Waals surface area contributed by atoms with Crippen LogP contribution in [0.5, 0.6) is 0 Å². The maximum absolute atomic E-state index is 13.8. The highest BCUT2D eigenvalue weighted by Crippen LogP contribution is 2.43. The molecule has 5 atom stereocenters. The molecular weight excluding hydrogens is 394 g/mol. The summed E-state index contributed by atoms with van der Waals surface area (Å²) in [5.41, 5.74) is 0.959. The van der Waals surface area contributed by atoms with Gasteiger partial charge in [0, 0.05) is 81.1 Å². The van der Waals surface area contributed by atoms with Crippen LogP contribution in [0.3, 0.4) is 0 Å². The molecule has 0 saturated carbocycles. The van der Waals surface area contributed by atoms with Crippen LogP contribution in [0.25, 0.3) is 0 Å². The number of rotatable bonds is 3. The van der Waals surface area contributed by atoms with Gasteiger partial charge >= 0.3 is 0 Å². The number of hydrogen-bond acceptors (Lipinski definition) is 5. The molecular formula is C23H29N5O3. The molecule has 1 amide bonds. The number of likely N-dealkylation sites (tertiary alicyclic amines) is 2. The van der Waals surface area contributed by atoms with Crippen LogP contribution in [0.1, 0.15) is 29.9 Å². The highest BCUT2D eigenvalue weighted by Gasteiger charge is 2.47. The molecule has 8 heteroatoms. The van der Waals surface area contributed by atoms with Crippen molar-refractivity contribution >= 4 is 5.91 Å². The normalized spacial score (nSPS) is 32.2. The zero-order chi connectivity index (χ0) is 21.1. The lowest BCUT2D eigenvalue weighted by Crippen LogP contribution is -2.53. The Kier molecular flexibility index (Phi) is 4.54. The second-order valence-corrected chi connectivity index (χ2v) is 9.75. The number of amides is 1. The van der Waals surface area contributed by atoms with Crippen LogP contribution < -0.4 is 5.56 Å². The molecule has 2 aromatic rings. The number of hydrogen-bond donors (Lipinski definition) is 0. The number of nitrogens with zero attached hydrogens (tertiary/aromatic N) is 5. The van der Waals surface area contributed by atoms with Crippen molar-refractivity contribution in [3.8, 4) is 0 Å². The third kappa shape index (κ3) is 3.15. The van der Waals surface area contributed by atoms with E-state index in [0.717, 1.165) is 63.9 Å². The van der Waals surface area contributed by atoms with Gasteiger partial charge in [-0.1, -0.05) is 6.07 Å². The molecule has 3 fully saturated rings. The van der Waals surface area contributed by atoms with Crippen molar-refractivity contribution in [1.82, 2.24) is 23.9 Å². The number of ether oxygens (including phenoxy) is 1. The molecule has 4 aliphatic rings. The quantitative estimate of drug-likeness (QED) is 0.732. The molecule has 3 saturated heterocycles. The summed E-state index contributed by atoms with van der Waals surface area (Å²) >= 11 is 0. The number of carbonyl (C=O) groups excluding carboxylic acids is 1. The molecule has 8 nitrogen and oxygen atoms in total. The number of aryl methyl sites for hydroxylation is 1. The first-order chi connectivity index (χ1) is 15.1. The monoisotopic (exact) mass is 423 g/mol. The highest BCUT2D eigenvalue weighted by atomic mass is 16.5. The van der Waals surface area contributed by atoms with Crippen LogP contribution in [0.2, 0.25) is 0 Å². The van der Waals surface area contributed by atoms with E-state index in [9.17, 15) is 9.59 Å². The SMILES string of the molecule is Cn1ccnc1CN1C[C@H]2C[C@@H](C1)[C@H](C(=O)N1C[C@H]3COC[C@H]3C1)n1c2cccc1=O. The van der Waals surface area contributed by atoms with E-state index in [0.29, 0.717) is 11.8 Å². The highest BCUT2D eigenvalue weighted by molar-refractivity contribution is 5.81. The maximum Gasteiger partial charge on any atom is 0.251 e. The van der Waals surface area contributed by atoms with Gasteiger partial charge in [-0.05, 0) is 12.5 Å². The van der Waals surface area contributed by atoms with E-state index >= 15 is 0 Å². The van der Waals surface area contributed by atoms with Gasteiger partial charge in [0.25, 0.3) is 5.56 Å². The zero-order valence-electron chi connectivity index (χ0n) is 17.9. The lowest BCUT2D eigenvalue weighted by Gasteiger charge is -2.47. The van der Waals surface area contributed by atoms with Crippen LogP contribution in [0.4, 0.5) is 0 Å². The minimum Gasteiger partial charge on any atom is -0.381 e. The van der Waals surface area contributed by atoms with Crippen LogP contribution >= 0.6 is 0 Å². The third-order valence-corrected chi connectivity index (χ3v) is 7.81. The standard InChI is InChI=1S/C23H29N5O3/c1-25-6-5-24-20(25)12-26-8-15-7-16(9-26)22(28-19(15)3-2-4-21(28)29)23(30)27-10-17-13-31-14-18(17)11-27/h2-6,15-18,22H,7-14H2,1H3/t15-,16+,17-,18+,22-/m1/s1. The predicted molar refractivity (Wildman–Crippen MR) is 113 cm³/mol. The lowest BCUT2D eigenvalue weighted by molar-refractivity contribution is -0.138. The van der Waals surface area contributed by atoms with E-state index in [1.165, 1.54) is 0 Å². The van der Waals surface area contributed by atoms with Crippen molar-refractivity contribution in [2.24, 2.45) is 24.8 Å². The van der Waals surface area contributed by atoms with E-state index in [2.05, 4.69) is 14.5 Å². The van der Waals surface area contributed by atoms with Crippen LogP contribution in [-0.2, 0) is 23.1 Å². The largest absolute Gasteiger partial charge is 0.381 e. The van der Waals surface area contributed by atoms with Crippen molar-refractivity contribution in [3.63, 3.8) is 0 Å². The van der Waals surface area contributed by atoms with Gasteiger partial charge in [-0.3, -0.25) is 19.1 Å². The second kappa shape index (κ2) is 7.31. The lowest BCUT2D eigenvalue weighted by atomic mass is 9.78. The number of imidazole rings is 1. The van der Waals surface area contributed by atoms with Crippen molar-refractivity contribution in [1.29, 1.82) is 0 Å². The van der Waals surface area contributed by atoms with Crippen molar-refractivity contribution in [2.45, 2.75) is 24.9 Å². The molecule has 4 aliphatic heterocycles. The predicted octanol–water partition coefficient (Wildman–Crippen LogP) is 0.847. The summed E-state index contributed by atoms with van der Waals surface area (Å²) in [6, 6.07) is 5.07. The van der Waals surface area contributed by atoms with Gasteiger partial charge in [0.15, 0.2) is 0 Å². The molecule has 164 valence electrons. The van der Waals surface area contributed by atoms with Gasteiger partial charge < -0.3 is 14.2 Å². The Morgan fingerprint density at radius 1 is 1.13 bits per heavy atom. The summed E-state index contributed by atoms with van der Waals surface area (Å²) < 4.78 is 9.47. The minimum atomic E-state index is -0.413. The molecule has 0 radical (unpaired) electrons. The molecule has 2 aromatic heterocycles. The molecule has 0 spiro atoms. The van der Waals surface area contributed by atoms with Gasteiger partial charge in [-0.15, -0.1) is 0 Å². The molecule has 31 heavy (non-hydrogen) atoms. The fraction of sp³-hybridized carbons (Fsp3) is 0.609. The number of fused-ring (bicyclic) bond motifs is 5. The summed E-state index contributed by atoms with van der Waals surface area (Å²) in [5.74, 6) is 2.43. The average Bonchev–Trinajstić information content (AvgIpc) is 3.46. The molecule has 6 heterocycles. The van der Waals surface area contributed by atoms with Gasteiger partial charge in [0.2, 0.25) is 5.91 Å². The Bertz CT molecular complexity index is 1050. The molecule has 0 aromatic carbocycles. The molecule has 0 N–H and O–H groups in total. The summed E-state index contributed by atoms with van der Waals surface area (Å²) in [5, 5.41) is 0. The maximum atomic E-state index is 13.8. The molecule has 0 unspecified atom stereocenters. The Morgan fingerprint density at radius 3 is 2.68 bits per heavy atom. The Balaban J connectivity index is 1.32. The van der Waals surface area contributed by atoms with E-state index in [1.54, 1.807) is 6.07 Å². The zero-order valence-corrected chi connectivity index (χ0v) is 17.9. The first-order valence-corrected chi connectivity index (χ1v) is 11.3. The first kappa shape index (κ1) is 19.3. The minimum absolute atomic E-state index is 0.0502. The average molecular weight is 424 g/mol. The second-order valence-electron chi connectivity index (χ2n) is 9.75. The van der Waals surface area contributed by atoms with Crippen LogP contribution in [0, 0.1) is 17.8 Å². The fourth-order valence-electron chi connectivity index (χ4n) is 6.28. The Hall–Kier alpha value is -2.45. The van der Waals surface area contributed by atoms with E-state index in [1.807, 2.05) is 41.0 Å². The fourth-order valence-corrected chi connectivity index (χ4v) is 6.28. The number of aromatic nitrogens is 3. The van der Waals surface area contributed by atoms with Crippen molar-refractivity contribution in [3.05, 3.63) is 52.5 Å². The summed E-state index contributed by atoms with van der Waals surface area (Å²) in [7, 11) is 2.02. The molecule has 2 bridgehead atoms. The summed E-state index contributed by atoms with van der Waals surface area (Å²) in [4.78, 5) is 35.7.